The van der Waals surface area contributed by atoms with E-state index < -0.39 is 23.3 Å². The molecule has 0 fully saturated rings. The molecule has 212 valence electrons. The van der Waals surface area contributed by atoms with Crippen LogP contribution in [-0.2, 0) is 13.0 Å². The van der Waals surface area contributed by atoms with E-state index in [1.165, 1.54) is 12.3 Å². The predicted molar refractivity (Wildman–Crippen MR) is 154 cm³/mol. The van der Waals surface area contributed by atoms with Crippen molar-refractivity contribution in [3.63, 3.8) is 0 Å². The molecule has 0 aliphatic heterocycles. The second-order valence-corrected chi connectivity index (χ2v) is 10.8. The fraction of sp³-hybridized carbons (Fsp3) is 0.467. The zero-order valence-corrected chi connectivity index (χ0v) is 24.1. The van der Waals surface area contributed by atoms with Gasteiger partial charge in [-0.1, -0.05) is 51.4 Å². The molecule has 3 aromatic rings. The van der Waals surface area contributed by atoms with Gasteiger partial charge >= 0.3 is 5.97 Å². The van der Waals surface area contributed by atoms with Crippen molar-refractivity contribution in [2.75, 3.05) is 39.8 Å². The minimum absolute atomic E-state index is 0.0180. The molecule has 39 heavy (non-hydrogen) atoms. The lowest BCUT2D eigenvalue weighted by Crippen LogP contribution is -2.33. The third kappa shape index (κ3) is 7.06. The van der Waals surface area contributed by atoms with Crippen LogP contribution in [0.15, 0.2) is 41.3 Å². The first kappa shape index (κ1) is 30.8. The van der Waals surface area contributed by atoms with Crippen LogP contribution < -0.4 is 5.43 Å². The highest BCUT2D eigenvalue weighted by Crippen LogP contribution is 2.29. The third-order valence-corrected chi connectivity index (χ3v) is 7.73. The van der Waals surface area contributed by atoms with E-state index in [1.54, 1.807) is 22.8 Å². The molecule has 0 bridgehead atoms. The molecule has 3 rings (SSSR count). The first-order chi connectivity index (χ1) is 18.5. The molecular formula is C30H39ClFN3O4. The van der Waals surface area contributed by atoms with Gasteiger partial charge in [0.15, 0.2) is 0 Å². The zero-order chi connectivity index (χ0) is 28.9. The van der Waals surface area contributed by atoms with Gasteiger partial charge in [-0.15, -0.1) is 0 Å². The summed E-state index contributed by atoms with van der Waals surface area (Å²) in [5.74, 6) is -1.88. The van der Waals surface area contributed by atoms with Crippen molar-refractivity contribution in [2.45, 2.75) is 46.7 Å². The number of hydrogen-bond acceptors (Lipinski definition) is 5. The van der Waals surface area contributed by atoms with E-state index >= 15 is 0 Å². The Kier molecular flexibility index (Phi) is 10.7. The smallest absolute Gasteiger partial charge is 0.341 e. The van der Waals surface area contributed by atoms with Gasteiger partial charge in [0.1, 0.15) is 11.4 Å². The minimum atomic E-state index is -1.33. The Morgan fingerprint density at radius 3 is 2.38 bits per heavy atom. The van der Waals surface area contributed by atoms with Gasteiger partial charge < -0.3 is 24.6 Å². The first-order valence-corrected chi connectivity index (χ1v) is 13.8. The number of rotatable bonds is 13. The van der Waals surface area contributed by atoms with Crippen LogP contribution in [0.5, 0.6) is 0 Å². The molecule has 0 saturated heterocycles. The molecule has 0 radical (unpaired) electrons. The predicted octanol–water partition coefficient (Wildman–Crippen LogP) is 5.05. The average molecular weight is 560 g/mol. The maximum absolute atomic E-state index is 14.9. The average Bonchev–Trinajstić information content (AvgIpc) is 2.89. The number of carboxylic acid groups (broad SMARTS) is 1. The molecule has 1 heterocycles. The van der Waals surface area contributed by atoms with Gasteiger partial charge in [-0.25, -0.2) is 9.18 Å². The van der Waals surface area contributed by atoms with E-state index in [4.69, 9.17) is 11.6 Å². The van der Waals surface area contributed by atoms with E-state index in [2.05, 4.69) is 23.6 Å². The fourth-order valence-electron chi connectivity index (χ4n) is 4.95. The quantitative estimate of drug-likeness (QED) is 0.305. The van der Waals surface area contributed by atoms with Crippen LogP contribution in [0, 0.1) is 11.7 Å². The second-order valence-electron chi connectivity index (χ2n) is 10.4. The van der Waals surface area contributed by atoms with E-state index in [0.717, 1.165) is 37.3 Å². The Hall–Kier alpha value is -2.78. The summed E-state index contributed by atoms with van der Waals surface area (Å²) in [5.41, 5.74) is 1.56. The normalized spacial score (nSPS) is 12.7. The summed E-state index contributed by atoms with van der Waals surface area (Å²) in [6, 6.07) is 7.97. The van der Waals surface area contributed by atoms with Crippen molar-refractivity contribution in [1.29, 1.82) is 0 Å². The topological polar surface area (TPSA) is 86.0 Å². The lowest BCUT2D eigenvalue weighted by Gasteiger charge is -2.27. The molecule has 0 aliphatic carbocycles. The monoisotopic (exact) mass is 559 g/mol. The van der Waals surface area contributed by atoms with Crippen LogP contribution >= 0.6 is 11.6 Å². The molecule has 9 heteroatoms. The van der Waals surface area contributed by atoms with Crippen molar-refractivity contribution in [2.24, 2.45) is 5.92 Å². The van der Waals surface area contributed by atoms with E-state index in [9.17, 15) is 24.2 Å². The van der Waals surface area contributed by atoms with Crippen molar-refractivity contribution in [3.05, 3.63) is 79.8 Å². The summed E-state index contributed by atoms with van der Waals surface area (Å²) in [6.07, 6.45) is 1.52. The van der Waals surface area contributed by atoms with Crippen LogP contribution in [-0.4, -0.2) is 70.4 Å². The highest BCUT2D eigenvalue weighted by atomic mass is 35.5. The molecule has 2 aromatic carbocycles. The van der Waals surface area contributed by atoms with Gasteiger partial charge in [0.25, 0.3) is 0 Å². The molecule has 0 amide bonds. The van der Waals surface area contributed by atoms with Gasteiger partial charge in [0.2, 0.25) is 5.43 Å². The Balaban J connectivity index is 2.23. The van der Waals surface area contributed by atoms with Crippen molar-refractivity contribution in [1.82, 2.24) is 14.4 Å². The second kappa shape index (κ2) is 13.5. The molecule has 7 nitrogen and oxygen atoms in total. The van der Waals surface area contributed by atoms with Gasteiger partial charge in [-0.05, 0) is 60.9 Å². The van der Waals surface area contributed by atoms with Crippen LogP contribution in [0.3, 0.4) is 0 Å². The minimum Gasteiger partial charge on any atom is -0.477 e. The Labute approximate surface area is 234 Å². The maximum Gasteiger partial charge on any atom is 0.341 e. The molecule has 0 saturated carbocycles. The number of benzene rings is 2. The van der Waals surface area contributed by atoms with E-state index in [1.807, 2.05) is 27.0 Å². The number of hydrogen-bond donors (Lipinski definition) is 2. The van der Waals surface area contributed by atoms with Crippen LogP contribution in [0.2, 0.25) is 5.02 Å². The number of likely N-dealkylation sites (N-methyl/N-ethyl adjacent to an activating group) is 2. The third-order valence-electron chi connectivity index (χ3n) is 7.44. The fourth-order valence-corrected chi connectivity index (χ4v) is 5.15. The Morgan fingerprint density at radius 1 is 1.10 bits per heavy atom. The molecule has 1 aromatic heterocycles. The number of pyridine rings is 1. The number of aromatic nitrogens is 1. The number of nitrogens with zero attached hydrogens (tertiary/aromatic N) is 3. The molecule has 1 unspecified atom stereocenters. The highest BCUT2D eigenvalue weighted by Gasteiger charge is 2.23. The maximum atomic E-state index is 14.9. The Morgan fingerprint density at radius 2 is 1.79 bits per heavy atom. The number of aliphatic hydroxyl groups is 1. The number of fused-ring (bicyclic) bond motifs is 1. The molecule has 1 atom stereocenters. The zero-order valence-electron chi connectivity index (χ0n) is 23.4. The Bertz CT molecular complexity index is 1370. The van der Waals surface area contributed by atoms with Gasteiger partial charge in [-0.3, -0.25) is 4.79 Å². The number of carboxylic acids is 1. The number of halogens is 2. The SMILES string of the molecule is CCN(CC)CCN(C)Cc1cc2c(cc1Cc1cccc(Cl)c1F)c(=O)c(C(=O)O)cn2C(CO)C(C)C. The molecular weight excluding hydrogens is 521 g/mol. The van der Waals surface area contributed by atoms with Crippen LogP contribution in [0.25, 0.3) is 10.9 Å². The number of carbonyl (C=O) groups is 1. The molecule has 2 N–H and O–H groups in total. The highest BCUT2D eigenvalue weighted by molar-refractivity contribution is 6.30. The van der Waals surface area contributed by atoms with Crippen molar-refractivity contribution >= 4 is 28.5 Å². The summed E-state index contributed by atoms with van der Waals surface area (Å²) in [4.78, 5) is 29.8. The molecule has 0 spiro atoms. The summed E-state index contributed by atoms with van der Waals surface area (Å²) in [5, 5.41) is 20.2. The number of aliphatic hydroxyl groups excluding tert-OH is 1. The van der Waals surface area contributed by atoms with E-state index in [-0.39, 0.29) is 34.9 Å². The van der Waals surface area contributed by atoms with Crippen LogP contribution in [0.1, 0.15) is 60.8 Å². The van der Waals surface area contributed by atoms with Gasteiger partial charge in [0.05, 0.1) is 23.2 Å². The summed E-state index contributed by atoms with van der Waals surface area (Å²) >= 11 is 6.05. The first-order valence-electron chi connectivity index (χ1n) is 13.4. The van der Waals surface area contributed by atoms with Crippen LogP contribution in [0.4, 0.5) is 4.39 Å². The summed E-state index contributed by atoms with van der Waals surface area (Å²) in [6.45, 7) is 12.0. The van der Waals surface area contributed by atoms with Gasteiger partial charge in [-0.2, -0.15) is 0 Å². The van der Waals surface area contributed by atoms with Crippen molar-refractivity contribution in [3.8, 4) is 0 Å². The largest absolute Gasteiger partial charge is 0.477 e. The lowest BCUT2D eigenvalue weighted by atomic mass is 9.95. The van der Waals surface area contributed by atoms with Crippen molar-refractivity contribution < 1.29 is 19.4 Å². The summed E-state index contributed by atoms with van der Waals surface area (Å²) in [7, 11) is 2.02. The van der Waals surface area contributed by atoms with Gasteiger partial charge in [0, 0.05) is 37.6 Å². The lowest BCUT2D eigenvalue weighted by molar-refractivity contribution is 0.0694. The number of aromatic carboxylic acids is 1. The summed E-state index contributed by atoms with van der Waals surface area (Å²) < 4.78 is 16.6. The van der Waals surface area contributed by atoms with E-state index in [0.29, 0.717) is 17.6 Å². The molecule has 0 aliphatic rings. The standard InChI is InChI=1S/C30H39ClFN3O4/c1-6-34(7-2)12-11-33(5)16-22-15-26-23(14-21(22)13-20-9-8-10-25(31)28(20)32)29(37)24(30(38)39)17-35(26)27(18-36)19(3)4/h8-10,14-15,17,19,27,36H,6-7,11-13,16,18H2,1-5H3,(H,38,39).